The lowest BCUT2D eigenvalue weighted by Gasteiger charge is -2.11. The number of ether oxygens (including phenoxy) is 1. The molecule has 1 N–H and O–H groups in total. The minimum absolute atomic E-state index is 0.155. The monoisotopic (exact) mass is 449 g/mol. The number of aromatic nitrogens is 3. The van der Waals surface area contributed by atoms with Gasteiger partial charge in [0.15, 0.2) is 0 Å². The zero-order chi connectivity index (χ0) is 23.5. The van der Waals surface area contributed by atoms with Gasteiger partial charge in [-0.05, 0) is 73.4 Å². The quantitative estimate of drug-likeness (QED) is 0.421. The number of anilines is 1. The van der Waals surface area contributed by atoms with E-state index in [1.807, 2.05) is 67.6 Å². The number of nitrogens with one attached hydrogen (secondary N) is 1. The smallest absolute Gasteiger partial charge is 0.295 e. The minimum atomic E-state index is -0.346. The highest BCUT2D eigenvalue weighted by Crippen LogP contribution is 2.39. The van der Waals surface area contributed by atoms with Crippen LogP contribution in [0.15, 0.2) is 72.8 Å². The number of benzene rings is 3. The van der Waals surface area contributed by atoms with Crippen molar-refractivity contribution in [3.05, 3.63) is 101 Å². The normalized spacial score (nSPS) is 12.7. The number of nitrogens with zero attached hydrogens (tertiary/aromatic N) is 4. The topological polar surface area (TPSA) is 92.8 Å². The number of carbonyl (C=O) groups is 1. The molecule has 1 amide bonds. The number of rotatable bonds is 7. The third-order valence-electron chi connectivity index (χ3n) is 5.69. The Kier molecular flexibility index (Phi) is 5.79. The molecule has 0 unspecified atom stereocenters. The molecule has 0 spiro atoms. The van der Waals surface area contributed by atoms with Gasteiger partial charge in [-0.1, -0.05) is 30.3 Å². The van der Waals surface area contributed by atoms with Gasteiger partial charge < -0.3 is 10.1 Å². The molecule has 5 rings (SSSR count). The Morgan fingerprint density at radius 2 is 1.94 bits per heavy atom. The van der Waals surface area contributed by atoms with Gasteiger partial charge in [0.2, 0.25) is 5.82 Å². The second-order valence-corrected chi connectivity index (χ2v) is 8.35. The van der Waals surface area contributed by atoms with E-state index in [2.05, 4.69) is 21.5 Å². The van der Waals surface area contributed by atoms with Crippen LogP contribution in [0.25, 0.3) is 5.69 Å². The SMILES string of the molecule is Cc1cc(OCc2cccc(C#N)c2)ccc1NC(=O)c1nc(C2CC2)n(-c2ccccc2)n1. The van der Waals surface area contributed by atoms with Crippen molar-refractivity contribution in [3.63, 3.8) is 0 Å². The maximum absolute atomic E-state index is 13.0. The van der Waals surface area contributed by atoms with Crippen molar-refractivity contribution in [3.8, 4) is 17.5 Å². The van der Waals surface area contributed by atoms with E-state index in [1.165, 1.54) is 0 Å². The van der Waals surface area contributed by atoms with Gasteiger partial charge in [-0.3, -0.25) is 4.79 Å². The van der Waals surface area contributed by atoms with Crippen molar-refractivity contribution >= 4 is 11.6 Å². The molecule has 0 atom stereocenters. The van der Waals surface area contributed by atoms with E-state index in [0.717, 1.165) is 35.5 Å². The number of carbonyl (C=O) groups excluding carboxylic acids is 1. The molecule has 3 aromatic carbocycles. The molecule has 1 aliphatic rings. The van der Waals surface area contributed by atoms with Crippen LogP contribution in [0, 0.1) is 18.3 Å². The van der Waals surface area contributed by atoms with E-state index in [-0.39, 0.29) is 11.7 Å². The summed E-state index contributed by atoms with van der Waals surface area (Å²) in [6.45, 7) is 2.26. The van der Waals surface area contributed by atoms with Crippen LogP contribution >= 0.6 is 0 Å². The average Bonchev–Trinajstić information content (AvgIpc) is 3.62. The summed E-state index contributed by atoms with van der Waals surface area (Å²) in [4.78, 5) is 17.5. The summed E-state index contributed by atoms with van der Waals surface area (Å²) < 4.78 is 7.64. The van der Waals surface area contributed by atoms with E-state index < -0.39 is 0 Å². The molecular weight excluding hydrogens is 426 g/mol. The van der Waals surface area contributed by atoms with Crippen LogP contribution in [0.3, 0.4) is 0 Å². The average molecular weight is 450 g/mol. The lowest BCUT2D eigenvalue weighted by molar-refractivity contribution is 0.101. The molecule has 0 bridgehead atoms. The Bertz CT molecular complexity index is 1380. The summed E-state index contributed by atoms with van der Waals surface area (Å²) >= 11 is 0. The molecule has 1 aliphatic carbocycles. The summed E-state index contributed by atoms with van der Waals surface area (Å²) in [5, 5.41) is 16.5. The Balaban J connectivity index is 1.29. The molecule has 34 heavy (non-hydrogen) atoms. The van der Waals surface area contributed by atoms with Gasteiger partial charge >= 0.3 is 0 Å². The molecule has 0 aliphatic heterocycles. The minimum Gasteiger partial charge on any atom is -0.489 e. The lowest BCUT2D eigenvalue weighted by atomic mass is 10.1. The fraction of sp³-hybridized carbons (Fsp3) is 0.185. The number of para-hydroxylation sites is 1. The van der Waals surface area contributed by atoms with Crippen LogP contribution < -0.4 is 10.1 Å². The first-order chi connectivity index (χ1) is 16.6. The van der Waals surface area contributed by atoms with Crippen LogP contribution in [0.2, 0.25) is 0 Å². The molecule has 1 saturated carbocycles. The van der Waals surface area contributed by atoms with Gasteiger partial charge in [0.25, 0.3) is 5.91 Å². The molecule has 1 heterocycles. The second kappa shape index (κ2) is 9.20. The molecule has 1 fully saturated rings. The fourth-order valence-electron chi connectivity index (χ4n) is 3.73. The van der Waals surface area contributed by atoms with Gasteiger partial charge in [0.05, 0.1) is 17.3 Å². The molecular formula is C27H23N5O2. The summed E-state index contributed by atoms with van der Waals surface area (Å²) in [5.41, 5.74) is 3.95. The summed E-state index contributed by atoms with van der Waals surface area (Å²) in [6.07, 6.45) is 2.13. The van der Waals surface area contributed by atoms with E-state index in [9.17, 15) is 4.79 Å². The van der Waals surface area contributed by atoms with Crippen molar-refractivity contribution in [1.82, 2.24) is 14.8 Å². The maximum atomic E-state index is 13.0. The molecule has 7 nitrogen and oxygen atoms in total. The van der Waals surface area contributed by atoms with Crippen LogP contribution in [0.5, 0.6) is 5.75 Å². The molecule has 4 aromatic rings. The van der Waals surface area contributed by atoms with Crippen molar-refractivity contribution in [2.75, 3.05) is 5.32 Å². The van der Waals surface area contributed by atoms with Crippen molar-refractivity contribution in [2.24, 2.45) is 0 Å². The van der Waals surface area contributed by atoms with Crippen LogP contribution in [0.4, 0.5) is 5.69 Å². The van der Waals surface area contributed by atoms with Crippen molar-refractivity contribution in [1.29, 1.82) is 5.26 Å². The lowest BCUT2D eigenvalue weighted by Crippen LogP contribution is -2.15. The zero-order valence-electron chi connectivity index (χ0n) is 18.7. The van der Waals surface area contributed by atoms with E-state index in [1.54, 1.807) is 16.8 Å². The number of hydrogen-bond donors (Lipinski definition) is 1. The molecule has 0 saturated heterocycles. The maximum Gasteiger partial charge on any atom is 0.295 e. The van der Waals surface area contributed by atoms with Gasteiger partial charge in [0, 0.05) is 11.6 Å². The highest BCUT2D eigenvalue weighted by atomic mass is 16.5. The van der Waals surface area contributed by atoms with Gasteiger partial charge in [0.1, 0.15) is 18.2 Å². The predicted molar refractivity (Wildman–Crippen MR) is 128 cm³/mol. The third kappa shape index (κ3) is 4.66. The highest BCUT2D eigenvalue weighted by molar-refractivity contribution is 6.02. The van der Waals surface area contributed by atoms with Gasteiger partial charge in [-0.15, -0.1) is 5.10 Å². The van der Waals surface area contributed by atoms with E-state index >= 15 is 0 Å². The predicted octanol–water partition coefficient (Wildman–Crippen LogP) is 5.16. The molecule has 1 aromatic heterocycles. The highest BCUT2D eigenvalue weighted by Gasteiger charge is 2.31. The Morgan fingerprint density at radius 3 is 2.68 bits per heavy atom. The Morgan fingerprint density at radius 1 is 1.12 bits per heavy atom. The first-order valence-electron chi connectivity index (χ1n) is 11.2. The Hall–Kier alpha value is -4.44. The molecule has 168 valence electrons. The second-order valence-electron chi connectivity index (χ2n) is 8.35. The van der Waals surface area contributed by atoms with Gasteiger partial charge in [-0.2, -0.15) is 5.26 Å². The third-order valence-corrected chi connectivity index (χ3v) is 5.69. The summed E-state index contributed by atoms with van der Waals surface area (Å²) in [6, 6.07) is 24.7. The molecule has 7 heteroatoms. The number of amides is 1. The van der Waals surface area contributed by atoms with E-state index in [4.69, 9.17) is 10.00 Å². The van der Waals surface area contributed by atoms with Crippen LogP contribution in [0.1, 0.15) is 51.9 Å². The Labute approximate surface area is 197 Å². The summed E-state index contributed by atoms with van der Waals surface area (Å²) in [5.74, 6) is 1.67. The van der Waals surface area contributed by atoms with Gasteiger partial charge in [-0.25, -0.2) is 9.67 Å². The van der Waals surface area contributed by atoms with Crippen LogP contribution in [-0.4, -0.2) is 20.7 Å². The van der Waals surface area contributed by atoms with Crippen LogP contribution in [-0.2, 0) is 6.61 Å². The van der Waals surface area contributed by atoms with E-state index in [0.29, 0.717) is 29.5 Å². The number of hydrogen-bond acceptors (Lipinski definition) is 5. The zero-order valence-corrected chi connectivity index (χ0v) is 18.7. The summed E-state index contributed by atoms with van der Waals surface area (Å²) in [7, 11) is 0. The first-order valence-corrected chi connectivity index (χ1v) is 11.2. The number of nitriles is 1. The first kappa shape index (κ1) is 21.4. The standard InChI is InChI=1S/C27H23N5O2/c1-18-14-23(34-17-20-7-5-6-19(15-20)16-28)12-13-24(18)29-27(33)25-30-26(21-10-11-21)32(31-25)22-8-3-2-4-9-22/h2-9,12-15,21H,10-11,17H2,1H3,(H,29,33). The van der Waals surface area contributed by atoms with Crippen molar-refractivity contribution in [2.45, 2.75) is 32.3 Å². The fourth-order valence-corrected chi connectivity index (χ4v) is 3.73. The molecule has 0 radical (unpaired) electrons. The van der Waals surface area contributed by atoms with Crippen molar-refractivity contribution < 1.29 is 9.53 Å². The number of aryl methyl sites for hydroxylation is 1. The largest absolute Gasteiger partial charge is 0.489 e.